The third-order valence-corrected chi connectivity index (χ3v) is 0.747. The summed E-state index contributed by atoms with van der Waals surface area (Å²) in [6.07, 6.45) is 3.55. The number of hydrogen-bond donors (Lipinski definition) is 1. The molecular formula is C4H8N2O. The fourth-order valence-corrected chi connectivity index (χ4v) is 0.401. The second-order valence-corrected chi connectivity index (χ2v) is 1.34. The predicted octanol–water partition coefficient (Wildman–Crippen LogP) is -0.118. The zero-order valence-corrected chi connectivity index (χ0v) is 4.22. The summed E-state index contributed by atoms with van der Waals surface area (Å²) in [6, 6.07) is 0. The first kappa shape index (κ1) is 4.61. The van der Waals surface area contributed by atoms with E-state index in [0.29, 0.717) is 0 Å². The number of hydrazine groups is 1. The molecule has 0 spiro atoms. The van der Waals surface area contributed by atoms with Crippen molar-refractivity contribution in [2.75, 3.05) is 13.6 Å². The minimum atomic E-state index is 0.858. The van der Waals surface area contributed by atoms with Gasteiger partial charge in [-0.15, -0.1) is 0 Å². The maximum Gasteiger partial charge on any atom is 0.110 e. The van der Waals surface area contributed by atoms with Crippen LogP contribution in [0.2, 0.25) is 0 Å². The summed E-state index contributed by atoms with van der Waals surface area (Å²) < 4.78 is 0. The number of rotatable bonds is 0. The maximum atomic E-state index is 4.82. The van der Waals surface area contributed by atoms with E-state index in [4.69, 9.17) is 4.84 Å². The average Bonchev–Trinajstić information content (AvgIpc) is 1.69. The first-order chi connectivity index (χ1) is 3.39. The molecule has 1 heterocycles. The van der Waals surface area contributed by atoms with Crippen LogP contribution in [0.5, 0.6) is 0 Å². The van der Waals surface area contributed by atoms with Crippen molar-refractivity contribution in [3.05, 3.63) is 12.3 Å². The zero-order chi connectivity index (χ0) is 5.11. The van der Waals surface area contributed by atoms with Crippen LogP contribution in [-0.2, 0) is 4.84 Å². The van der Waals surface area contributed by atoms with Crippen molar-refractivity contribution in [3.63, 3.8) is 0 Å². The number of hydrogen-bond acceptors (Lipinski definition) is 3. The van der Waals surface area contributed by atoms with E-state index in [1.54, 1.807) is 11.4 Å². The quantitative estimate of drug-likeness (QED) is 0.459. The predicted molar refractivity (Wildman–Crippen MR) is 26.0 cm³/mol. The lowest BCUT2D eigenvalue weighted by atomic mass is 10.6. The summed E-state index contributed by atoms with van der Waals surface area (Å²) in [6.45, 7) is 0.858. The molecule has 0 aromatic rings. The Morgan fingerprint density at radius 2 is 2.71 bits per heavy atom. The largest absolute Gasteiger partial charge is 0.399 e. The second kappa shape index (κ2) is 1.95. The Kier molecular flexibility index (Phi) is 1.29. The molecule has 0 unspecified atom stereocenters. The monoisotopic (exact) mass is 100 g/mol. The number of nitrogens with zero attached hydrogens (tertiary/aromatic N) is 1. The third kappa shape index (κ3) is 1.17. The van der Waals surface area contributed by atoms with Crippen LogP contribution in [0.3, 0.4) is 0 Å². The van der Waals surface area contributed by atoms with Gasteiger partial charge < -0.3 is 4.84 Å². The van der Waals surface area contributed by atoms with E-state index < -0.39 is 0 Å². The van der Waals surface area contributed by atoms with Crippen LogP contribution in [-0.4, -0.2) is 18.8 Å². The first-order valence-corrected chi connectivity index (χ1v) is 2.18. The van der Waals surface area contributed by atoms with Crippen molar-refractivity contribution in [1.29, 1.82) is 0 Å². The van der Waals surface area contributed by atoms with E-state index >= 15 is 0 Å². The molecule has 0 amide bonds. The van der Waals surface area contributed by atoms with Crippen molar-refractivity contribution in [1.82, 2.24) is 10.6 Å². The second-order valence-electron chi connectivity index (χ2n) is 1.34. The Bertz CT molecular complexity index is 81.8. The van der Waals surface area contributed by atoms with Crippen molar-refractivity contribution < 1.29 is 4.84 Å². The molecule has 0 aromatic heterocycles. The Morgan fingerprint density at radius 3 is 3.00 bits per heavy atom. The molecule has 3 heteroatoms. The van der Waals surface area contributed by atoms with Gasteiger partial charge >= 0.3 is 0 Å². The van der Waals surface area contributed by atoms with Crippen LogP contribution in [0.25, 0.3) is 0 Å². The Hall–Kier alpha value is -0.540. The van der Waals surface area contributed by atoms with Gasteiger partial charge in [0.05, 0.1) is 0 Å². The molecular weight excluding hydrogens is 92.1 g/mol. The lowest BCUT2D eigenvalue weighted by molar-refractivity contribution is -0.129. The molecule has 3 nitrogen and oxygen atoms in total. The molecule has 0 saturated carbocycles. The highest BCUT2D eigenvalue weighted by atomic mass is 16.7. The van der Waals surface area contributed by atoms with Crippen LogP contribution in [0.15, 0.2) is 12.3 Å². The van der Waals surface area contributed by atoms with Crippen LogP contribution < -0.4 is 5.43 Å². The fraction of sp³-hybridized carbons (Fsp3) is 0.500. The van der Waals surface area contributed by atoms with Gasteiger partial charge in [0.2, 0.25) is 0 Å². The number of hydroxylamine groups is 1. The molecule has 1 rings (SSSR count). The number of nitrogens with one attached hydrogen (secondary N) is 1. The van der Waals surface area contributed by atoms with Gasteiger partial charge in [-0.1, -0.05) is 5.17 Å². The molecule has 0 atom stereocenters. The van der Waals surface area contributed by atoms with E-state index in [1.165, 1.54) is 0 Å². The molecule has 1 N–H and O–H groups in total. The highest BCUT2D eigenvalue weighted by Gasteiger charge is 1.94. The summed E-state index contributed by atoms with van der Waals surface area (Å²) >= 11 is 0. The fourth-order valence-electron chi connectivity index (χ4n) is 0.401. The summed E-state index contributed by atoms with van der Waals surface area (Å²) in [5, 5.41) is 1.56. The van der Waals surface area contributed by atoms with Crippen LogP contribution in [0.4, 0.5) is 0 Å². The molecule has 0 fully saturated rings. The highest BCUT2D eigenvalue weighted by molar-refractivity contribution is 4.76. The summed E-state index contributed by atoms with van der Waals surface area (Å²) in [5.41, 5.74) is 2.91. The van der Waals surface area contributed by atoms with Crippen molar-refractivity contribution >= 4 is 0 Å². The normalized spacial score (nSPS) is 21.9. The van der Waals surface area contributed by atoms with E-state index in [0.717, 1.165) is 6.54 Å². The van der Waals surface area contributed by atoms with Gasteiger partial charge in [-0.25, -0.2) is 5.43 Å². The molecule has 0 saturated heterocycles. The lowest BCUT2D eigenvalue weighted by Crippen LogP contribution is -2.35. The molecule has 0 aromatic carbocycles. The van der Waals surface area contributed by atoms with Crippen LogP contribution >= 0.6 is 0 Å². The molecule has 1 aliphatic rings. The van der Waals surface area contributed by atoms with Gasteiger partial charge in [-0.05, 0) is 6.08 Å². The Morgan fingerprint density at radius 1 is 1.86 bits per heavy atom. The third-order valence-electron chi connectivity index (χ3n) is 0.747. The van der Waals surface area contributed by atoms with E-state index in [2.05, 4.69) is 5.43 Å². The van der Waals surface area contributed by atoms with Crippen LogP contribution in [0.1, 0.15) is 0 Å². The van der Waals surface area contributed by atoms with Crippen molar-refractivity contribution in [3.8, 4) is 0 Å². The smallest absolute Gasteiger partial charge is 0.110 e. The van der Waals surface area contributed by atoms with Gasteiger partial charge in [0.25, 0.3) is 0 Å². The molecule has 0 aliphatic carbocycles. The molecule has 0 radical (unpaired) electrons. The highest BCUT2D eigenvalue weighted by Crippen LogP contribution is 1.85. The topological polar surface area (TPSA) is 24.5 Å². The van der Waals surface area contributed by atoms with Crippen molar-refractivity contribution in [2.24, 2.45) is 0 Å². The van der Waals surface area contributed by atoms with Gasteiger partial charge in [-0.3, -0.25) is 0 Å². The van der Waals surface area contributed by atoms with E-state index in [1.807, 2.05) is 13.1 Å². The molecule has 40 valence electrons. The van der Waals surface area contributed by atoms with Gasteiger partial charge in [-0.2, -0.15) is 0 Å². The SMILES string of the molecule is CN1NCC=CO1. The van der Waals surface area contributed by atoms with E-state index in [-0.39, 0.29) is 0 Å². The summed E-state index contributed by atoms with van der Waals surface area (Å²) in [5.74, 6) is 0. The molecule has 0 bridgehead atoms. The van der Waals surface area contributed by atoms with Gasteiger partial charge in [0, 0.05) is 13.6 Å². The lowest BCUT2D eigenvalue weighted by Gasteiger charge is -2.17. The minimum Gasteiger partial charge on any atom is -0.399 e. The zero-order valence-electron chi connectivity index (χ0n) is 4.22. The minimum absolute atomic E-state index is 0.858. The Labute approximate surface area is 42.5 Å². The van der Waals surface area contributed by atoms with E-state index in [9.17, 15) is 0 Å². The van der Waals surface area contributed by atoms with Gasteiger partial charge in [0.15, 0.2) is 0 Å². The maximum absolute atomic E-state index is 4.82. The first-order valence-electron chi connectivity index (χ1n) is 2.18. The standard InChI is InChI=1S/C4H8N2O/c1-6-5-3-2-4-7-6/h2,4-5H,3H2,1H3. The molecule has 1 aliphatic heterocycles. The summed E-state index contributed by atoms with van der Waals surface area (Å²) in [7, 11) is 1.81. The Balaban J connectivity index is 2.32. The van der Waals surface area contributed by atoms with Crippen LogP contribution in [0, 0.1) is 0 Å². The van der Waals surface area contributed by atoms with Gasteiger partial charge in [0.1, 0.15) is 6.26 Å². The van der Waals surface area contributed by atoms with Crippen molar-refractivity contribution in [2.45, 2.75) is 0 Å². The molecule has 7 heavy (non-hydrogen) atoms. The average molecular weight is 100 g/mol. The summed E-state index contributed by atoms with van der Waals surface area (Å²) in [4.78, 5) is 4.82.